The smallest absolute Gasteiger partial charge is 0.254 e. The number of carbonyl (C=O) groups is 2. The Hall–Kier alpha value is -3.31. The molecular weight excluding hydrogens is 400 g/mol. The lowest BCUT2D eigenvalue weighted by Crippen LogP contribution is -2.45. The van der Waals surface area contributed by atoms with Gasteiger partial charge >= 0.3 is 0 Å². The number of carbonyl (C=O) groups excluding carboxylic acids is 2. The van der Waals surface area contributed by atoms with Crippen molar-refractivity contribution in [2.24, 2.45) is 0 Å². The number of benzene rings is 3. The fourth-order valence-electron chi connectivity index (χ4n) is 3.74. The van der Waals surface area contributed by atoms with E-state index in [1.165, 1.54) is 0 Å². The van der Waals surface area contributed by atoms with E-state index >= 15 is 0 Å². The number of halogens is 1. The van der Waals surface area contributed by atoms with E-state index in [9.17, 15) is 9.59 Å². The van der Waals surface area contributed by atoms with Crippen molar-refractivity contribution in [3.63, 3.8) is 0 Å². The molecule has 6 heteroatoms. The van der Waals surface area contributed by atoms with E-state index in [-0.39, 0.29) is 11.8 Å². The summed E-state index contributed by atoms with van der Waals surface area (Å²) in [6, 6.07) is 20.9. The molecule has 0 bridgehead atoms. The number of nitrogens with one attached hydrogen (secondary N) is 1. The van der Waals surface area contributed by atoms with E-state index in [0.717, 1.165) is 11.1 Å². The van der Waals surface area contributed by atoms with Crippen LogP contribution in [0, 0.1) is 0 Å². The lowest BCUT2D eigenvalue weighted by atomic mass is 9.91. The minimum atomic E-state index is -0.732. The molecule has 5 nitrogen and oxygen atoms in total. The van der Waals surface area contributed by atoms with Gasteiger partial charge in [0.05, 0.1) is 7.11 Å². The topological polar surface area (TPSA) is 58.6 Å². The van der Waals surface area contributed by atoms with Crippen LogP contribution in [0.15, 0.2) is 72.8 Å². The van der Waals surface area contributed by atoms with Gasteiger partial charge in [0.2, 0.25) is 0 Å². The normalized spacial score (nSPS) is 15.3. The molecule has 0 saturated carbocycles. The number of ether oxygens (including phenoxy) is 1. The monoisotopic (exact) mass is 420 g/mol. The Balaban J connectivity index is 1.68. The van der Waals surface area contributed by atoms with Crippen molar-refractivity contribution in [3.8, 4) is 5.75 Å². The molecular formula is C24H21ClN2O3. The second kappa shape index (κ2) is 8.59. The molecule has 0 spiro atoms. The molecule has 3 aromatic rings. The van der Waals surface area contributed by atoms with E-state index in [1.807, 2.05) is 30.3 Å². The fourth-order valence-corrected chi connectivity index (χ4v) is 3.86. The Morgan fingerprint density at radius 2 is 1.80 bits per heavy atom. The number of amides is 2. The lowest BCUT2D eigenvalue weighted by molar-refractivity contribution is -0.121. The molecule has 1 aliphatic rings. The van der Waals surface area contributed by atoms with E-state index < -0.39 is 6.04 Å². The molecule has 1 aliphatic heterocycles. The van der Waals surface area contributed by atoms with Gasteiger partial charge in [-0.2, -0.15) is 0 Å². The molecule has 0 aliphatic carbocycles. The molecule has 0 saturated heterocycles. The summed E-state index contributed by atoms with van der Waals surface area (Å²) in [4.78, 5) is 28.3. The van der Waals surface area contributed by atoms with Gasteiger partial charge in [0.15, 0.2) is 0 Å². The van der Waals surface area contributed by atoms with Crippen LogP contribution in [0.5, 0.6) is 5.75 Å². The highest BCUT2D eigenvalue weighted by atomic mass is 35.5. The van der Waals surface area contributed by atoms with Crippen LogP contribution in [0.2, 0.25) is 5.02 Å². The van der Waals surface area contributed by atoms with Crippen molar-refractivity contribution in [2.45, 2.75) is 12.5 Å². The average molecular weight is 421 g/mol. The van der Waals surface area contributed by atoms with Gasteiger partial charge < -0.3 is 15.0 Å². The molecule has 4 rings (SSSR count). The number of nitrogens with zero attached hydrogens (tertiary/aromatic N) is 1. The predicted octanol–water partition coefficient (Wildman–Crippen LogP) is 4.73. The van der Waals surface area contributed by atoms with Crippen molar-refractivity contribution in [3.05, 3.63) is 94.5 Å². The largest absolute Gasteiger partial charge is 0.497 e. The van der Waals surface area contributed by atoms with Gasteiger partial charge in [0.25, 0.3) is 11.8 Å². The number of anilines is 1. The summed E-state index contributed by atoms with van der Waals surface area (Å²) in [7, 11) is 1.57. The molecule has 0 fully saturated rings. The highest BCUT2D eigenvalue weighted by Crippen LogP contribution is 2.32. The van der Waals surface area contributed by atoms with Crippen molar-refractivity contribution in [1.82, 2.24) is 4.90 Å². The zero-order valence-electron chi connectivity index (χ0n) is 16.5. The maximum atomic E-state index is 13.4. The Labute approximate surface area is 180 Å². The van der Waals surface area contributed by atoms with Gasteiger partial charge in [-0.15, -0.1) is 0 Å². The summed E-state index contributed by atoms with van der Waals surface area (Å²) >= 11 is 5.96. The van der Waals surface area contributed by atoms with Crippen LogP contribution in [0.3, 0.4) is 0 Å². The predicted molar refractivity (Wildman–Crippen MR) is 117 cm³/mol. The van der Waals surface area contributed by atoms with Crippen LogP contribution in [0.4, 0.5) is 5.69 Å². The molecule has 0 radical (unpaired) electrons. The van der Waals surface area contributed by atoms with Crippen molar-refractivity contribution >= 4 is 29.1 Å². The molecule has 1 heterocycles. The number of hydrogen-bond donors (Lipinski definition) is 1. The summed E-state index contributed by atoms with van der Waals surface area (Å²) in [6.07, 6.45) is 0.693. The summed E-state index contributed by atoms with van der Waals surface area (Å²) in [6.45, 7) is 0.453. The molecule has 1 atom stereocenters. The Kier molecular flexibility index (Phi) is 5.72. The van der Waals surface area contributed by atoms with Crippen LogP contribution in [0.25, 0.3) is 0 Å². The highest BCUT2D eigenvalue weighted by Gasteiger charge is 2.36. The molecule has 1 unspecified atom stereocenters. The SMILES string of the molecule is COc1cccc(NC(=O)C2c3ccccc3CCN2C(=O)c2ccc(Cl)cc2)c1. The van der Waals surface area contributed by atoms with E-state index in [1.54, 1.807) is 54.5 Å². The number of methoxy groups -OCH3 is 1. The Bertz CT molecular complexity index is 1080. The zero-order valence-corrected chi connectivity index (χ0v) is 17.2. The fraction of sp³-hybridized carbons (Fsp3) is 0.167. The third-order valence-electron chi connectivity index (χ3n) is 5.22. The van der Waals surface area contributed by atoms with Gasteiger partial charge in [-0.25, -0.2) is 0 Å². The molecule has 30 heavy (non-hydrogen) atoms. The third kappa shape index (κ3) is 4.02. The molecule has 3 aromatic carbocycles. The van der Waals surface area contributed by atoms with Crippen molar-refractivity contribution in [2.75, 3.05) is 19.0 Å². The van der Waals surface area contributed by atoms with Crippen LogP contribution in [-0.2, 0) is 11.2 Å². The third-order valence-corrected chi connectivity index (χ3v) is 5.47. The van der Waals surface area contributed by atoms with Crippen molar-refractivity contribution in [1.29, 1.82) is 0 Å². The number of fused-ring (bicyclic) bond motifs is 1. The first-order chi connectivity index (χ1) is 14.6. The second-order valence-corrected chi connectivity index (χ2v) is 7.51. The summed E-state index contributed by atoms with van der Waals surface area (Å²) < 4.78 is 5.24. The molecule has 152 valence electrons. The standard InChI is InChI=1S/C24H21ClN2O3/c1-30-20-7-4-6-19(15-20)26-23(28)22-21-8-3-2-5-16(21)13-14-27(22)24(29)17-9-11-18(25)12-10-17/h2-12,15,22H,13-14H2,1H3,(H,26,28). The Morgan fingerprint density at radius 3 is 2.57 bits per heavy atom. The zero-order chi connectivity index (χ0) is 21.1. The van der Waals surface area contributed by atoms with E-state index in [0.29, 0.717) is 35.0 Å². The maximum absolute atomic E-state index is 13.4. The minimum absolute atomic E-state index is 0.202. The quantitative estimate of drug-likeness (QED) is 0.664. The molecule has 1 N–H and O–H groups in total. The summed E-state index contributed by atoms with van der Waals surface area (Å²) in [5, 5.41) is 3.50. The van der Waals surface area contributed by atoms with E-state index in [2.05, 4.69) is 5.32 Å². The first-order valence-electron chi connectivity index (χ1n) is 9.66. The second-order valence-electron chi connectivity index (χ2n) is 7.08. The minimum Gasteiger partial charge on any atom is -0.497 e. The number of hydrogen-bond acceptors (Lipinski definition) is 3. The van der Waals surface area contributed by atoms with E-state index in [4.69, 9.17) is 16.3 Å². The van der Waals surface area contributed by atoms with Crippen LogP contribution >= 0.6 is 11.6 Å². The van der Waals surface area contributed by atoms with Crippen LogP contribution in [0.1, 0.15) is 27.5 Å². The van der Waals surface area contributed by atoms with Gasteiger partial charge in [-0.05, 0) is 53.9 Å². The highest BCUT2D eigenvalue weighted by molar-refractivity contribution is 6.30. The maximum Gasteiger partial charge on any atom is 0.254 e. The number of rotatable bonds is 4. The van der Waals surface area contributed by atoms with Gasteiger partial charge in [-0.3, -0.25) is 9.59 Å². The summed E-state index contributed by atoms with van der Waals surface area (Å²) in [5.41, 5.74) is 3.02. The van der Waals surface area contributed by atoms with Crippen LogP contribution in [-0.4, -0.2) is 30.4 Å². The van der Waals surface area contributed by atoms with Gasteiger partial charge in [0.1, 0.15) is 11.8 Å². The average Bonchev–Trinajstić information content (AvgIpc) is 2.78. The first kappa shape index (κ1) is 20.0. The molecule has 2 amide bonds. The first-order valence-corrected chi connectivity index (χ1v) is 10.0. The van der Waals surface area contributed by atoms with Gasteiger partial charge in [0, 0.05) is 28.9 Å². The Morgan fingerprint density at radius 1 is 1.03 bits per heavy atom. The van der Waals surface area contributed by atoms with Crippen LogP contribution < -0.4 is 10.1 Å². The summed E-state index contributed by atoms with van der Waals surface area (Å²) in [5.74, 6) is 0.176. The lowest BCUT2D eigenvalue weighted by Gasteiger charge is -2.36. The van der Waals surface area contributed by atoms with Gasteiger partial charge in [-0.1, -0.05) is 41.9 Å². The van der Waals surface area contributed by atoms with Crippen molar-refractivity contribution < 1.29 is 14.3 Å². The molecule has 0 aromatic heterocycles.